The first-order valence-corrected chi connectivity index (χ1v) is 13.5. The molecule has 1 fully saturated rings. The fourth-order valence-corrected chi connectivity index (χ4v) is 5.43. The summed E-state index contributed by atoms with van der Waals surface area (Å²) in [6.07, 6.45) is 0.836. The van der Waals surface area contributed by atoms with Crippen molar-refractivity contribution in [3.63, 3.8) is 0 Å². The topological polar surface area (TPSA) is 65.8 Å². The summed E-state index contributed by atoms with van der Waals surface area (Å²) in [7, 11) is 0. The molecule has 1 amide bonds. The first kappa shape index (κ1) is 25.2. The van der Waals surface area contributed by atoms with E-state index in [1.54, 1.807) is 0 Å². The van der Waals surface area contributed by atoms with Crippen molar-refractivity contribution in [1.29, 1.82) is 0 Å². The van der Waals surface area contributed by atoms with Gasteiger partial charge in [-0.2, -0.15) is 5.10 Å². The van der Waals surface area contributed by atoms with Gasteiger partial charge >= 0.3 is 0 Å². The highest BCUT2D eigenvalue weighted by molar-refractivity contribution is 5.95. The molecule has 7 heteroatoms. The summed E-state index contributed by atoms with van der Waals surface area (Å²) in [6, 6.07) is 22.2. The number of nitrogens with zero attached hydrogens (tertiary/aromatic N) is 3. The van der Waals surface area contributed by atoms with Crippen molar-refractivity contribution in [2.24, 2.45) is 0 Å². The zero-order valence-corrected chi connectivity index (χ0v) is 22.6. The Morgan fingerprint density at radius 1 is 1.00 bits per heavy atom. The number of fused-ring (bicyclic) bond motifs is 1. The second-order valence-electron chi connectivity index (χ2n) is 10.3. The number of carbonyl (C=O) groups excluding carboxylic acids is 1. The van der Waals surface area contributed by atoms with Gasteiger partial charge in [-0.3, -0.25) is 4.79 Å². The molecule has 0 bridgehead atoms. The molecule has 1 atom stereocenters. The Morgan fingerprint density at radius 2 is 1.87 bits per heavy atom. The van der Waals surface area contributed by atoms with Gasteiger partial charge in [0.2, 0.25) is 0 Å². The number of carbonyl (C=O) groups is 1. The van der Waals surface area contributed by atoms with Crippen LogP contribution in [0.1, 0.15) is 39.3 Å². The number of rotatable bonds is 5. The van der Waals surface area contributed by atoms with Crippen LogP contribution in [0.15, 0.2) is 66.7 Å². The molecule has 0 saturated carbocycles. The maximum atomic E-state index is 13.8. The SMILES string of the molecule is Cc1cc(C)n(-c2cccc(C(=O)N3CCOc4c(cc(-c5ccccc5C)cc4OC4CCOC4)C3)c2)n1. The van der Waals surface area contributed by atoms with E-state index in [1.165, 1.54) is 5.56 Å². The first-order valence-electron chi connectivity index (χ1n) is 13.5. The molecule has 2 aliphatic rings. The minimum atomic E-state index is -0.0391. The summed E-state index contributed by atoms with van der Waals surface area (Å²) in [5, 5.41) is 4.58. The third kappa shape index (κ3) is 5.14. The average molecular weight is 524 g/mol. The van der Waals surface area contributed by atoms with Crippen LogP contribution < -0.4 is 9.47 Å². The van der Waals surface area contributed by atoms with Crippen LogP contribution in [0.4, 0.5) is 0 Å². The van der Waals surface area contributed by atoms with Gasteiger partial charge in [-0.1, -0.05) is 30.3 Å². The van der Waals surface area contributed by atoms with Crippen molar-refractivity contribution in [1.82, 2.24) is 14.7 Å². The molecule has 2 aliphatic heterocycles. The maximum absolute atomic E-state index is 13.8. The molecule has 0 N–H and O–H groups in total. The molecule has 0 spiro atoms. The molecule has 3 aromatic carbocycles. The molecule has 1 unspecified atom stereocenters. The number of hydrogen-bond donors (Lipinski definition) is 0. The summed E-state index contributed by atoms with van der Waals surface area (Å²) in [6.45, 7) is 8.64. The highest BCUT2D eigenvalue weighted by Gasteiger charge is 2.27. The largest absolute Gasteiger partial charge is 0.487 e. The Morgan fingerprint density at radius 3 is 2.64 bits per heavy atom. The predicted molar refractivity (Wildman–Crippen MR) is 150 cm³/mol. The van der Waals surface area contributed by atoms with E-state index in [2.05, 4.69) is 36.3 Å². The van der Waals surface area contributed by atoms with Crippen LogP contribution in [0.25, 0.3) is 16.8 Å². The van der Waals surface area contributed by atoms with Gasteiger partial charge in [0, 0.05) is 29.8 Å². The van der Waals surface area contributed by atoms with Gasteiger partial charge in [-0.15, -0.1) is 0 Å². The third-order valence-electron chi connectivity index (χ3n) is 7.37. The molecule has 6 rings (SSSR count). The fraction of sp³-hybridized carbons (Fsp3) is 0.312. The van der Waals surface area contributed by atoms with Gasteiger partial charge in [-0.05, 0) is 73.9 Å². The Labute approximate surface area is 228 Å². The van der Waals surface area contributed by atoms with Gasteiger partial charge in [0.05, 0.1) is 31.1 Å². The zero-order chi connectivity index (χ0) is 26.9. The fourth-order valence-electron chi connectivity index (χ4n) is 5.43. The second-order valence-corrected chi connectivity index (χ2v) is 10.3. The van der Waals surface area contributed by atoms with Crippen molar-refractivity contribution in [2.45, 2.75) is 39.8 Å². The van der Waals surface area contributed by atoms with Gasteiger partial charge in [0.1, 0.15) is 12.7 Å². The third-order valence-corrected chi connectivity index (χ3v) is 7.37. The number of hydrogen-bond acceptors (Lipinski definition) is 5. The minimum Gasteiger partial charge on any atom is -0.487 e. The molecule has 4 aromatic rings. The monoisotopic (exact) mass is 523 g/mol. The number of aromatic nitrogens is 2. The molecule has 39 heavy (non-hydrogen) atoms. The Bertz CT molecular complexity index is 1520. The second kappa shape index (κ2) is 10.6. The van der Waals surface area contributed by atoms with Crippen LogP contribution in [0, 0.1) is 20.8 Å². The van der Waals surface area contributed by atoms with Crippen LogP contribution in [-0.4, -0.2) is 53.1 Å². The van der Waals surface area contributed by atoms with E-state index in [4.69, 9.17) is 14.2 Å². The Balaban J connectivity index is 1.35. The van der Waals surface area contributed by atoms with Crippen LogP contribution in [0.5, 0.6) is 11.5 Å². The highest BCUT2D eigenvalue weighted by Crippen LogP contribution is 2.40. The lowest BCUT2D eigenvalue weighted by Crippen LogP contribution is -2.32. The van der Waals surface area contributed by atoms with Crippen molar-refractivity contribution in [2.75, 3.05) is 26.4 Å². The van der Waals surface area contributed by atoms with Crippen LogP contribution >= 0.6 is 0 Å². The van der Waals surface area contributed by atoms with Crippen molar-refractivity contribution < 1.29 is 19.0 Å². The summed E-state index contributed by atoms with van der Waals surface area (Å²) >= 11 is 0. The molecule has 200 valence electrons. The van der Waals surface area contributed by atoms with Crippen molar-refractivity contribution in [3.05, 3.63) is 94.8 Å². The van der Waals surface area contributed by atoms with Gasteiger partial charge in [0.25, 0.3) is 5.91 Å². The van der Waals surface area contributed by atoms with Crippen LogP contribution in [-0.2, 0) is 11.3 Å². The van der Waals surface area contributed by atoms with E-state index in [1.807, 2.05) is 65.9 Å². The zero-order valence-electron chi connectivity index (χ0n) is 22.6. The molecule has 1 aromatic heterocycles. The number of ether oxygens (including phenoxy) is 3. The lowest BCUT2D eigenvalue weighted by molar-refractivity contribution is 0.0732. The molecule has 0 aliphatic carbocycles. The summed E-state index contributed by atoms with van der Waals surface area (Å²) < 4.78 is 20.1. The first-order chi connectivity index (χ1) is 19.0. The van der Waals surface area contributed by atoms with E-state index in [-0.39, 0.29) is 12.0 Å². The van der Waals surface area contributed by atoms with Gasteiger partial charge in [-0.25, -0.2) is 4.68 Å². The smallest absolute Gasteiger partial charge is 0.254 e. The average Bonchev–Trinajstić information content (AvgIpc) is 3.51. The lowest BCUT2D eigenvalue weighted by Gasteiger charge is -2.22. The van der Waals surface area contributed by atoms with E-state index >= 15 is 0 Å². The highest BCUT2D eigenvalue weighted by atomic mass is 16.6. The van der Waals surface area contributed by atoms with Gasteiger partial charge in [0.15, 0.2) is 11.5 Å². The van der Waals surface area contributed by atoms with Crippen molar-refractivity contribution >= 4 is 5.91 Å². The molecule has 0 radical (unpaired) electrons. The standard InChI is InChI=1S/C32H33N3O4/c1-21-7-4-5-10-29(21)25-16-26-19-34(12-14-38-31(26)30(18-25)39-28-11-13-37-20-28)32(36)24-8-6-9-27(17-24)35-23(3)15-22(2)33-35/h4-10,15-18,28H,11-14,19-20H2,1-3H3. The minimum absolute atomic E-state index is 0.0112. The molecular weight excluding hydrogens is 490 g/mol. The molecule has 7 nitrogen and oxygen atoms in total. The Kier molecular flexibility index (Phi) is 6.83. The number of benzene rings is 3. The van der Waals surface area contributed by atoms with Crippen LogP contribution in [0.3, 0.4) is 0 Å². The molecular formula is C32H33N3O4. The van der Waals surface area contributed by atoms with E-state index < -0.39 is 0 Å². The summed E-state index contributed by atoms with van der Waals surface area (Å²) in [5.41, 5.74) is 7.75. The Hall–Kier alpha value is -4.10. The maximum Gasteiger partial charge on any atom is 0.254 e. The van der Waals surface area contributed by atoms with E-state index in [9.17, 15) is 4.79 Å². The normalized spacial score (nSPS) is 16.9. The predicted octanol–water partition coefficient (Wildman–Crippen LogP) is 5.67. The van der Waals surface area contributed by atoms with E-state index in [0.717, 1.165) is 40.2 Å². The molecule has 3 heterocycles. The number of amides is 1. The lowest BCUT2D eigenvalue weighted by atomic mass is 9.97. The number of aryl methyl sites for hydroxylation is 3. The van der Waals surface area contributed by atoms with E-state index in [0.29, 0.717) is 50.0 Å². The van der Waals surface area contributed by atoms with Crippen LogP contribution in [0.2, 0.25) is 0 Å². The summed E-state index contributed by atoms with van der Waals surface area (Å²) in [5.74, 6) is 1.38. The van der Waals surface area contributed by atoms with Crippen molar-refractivity contribution in [3.8, 4) is 28.3 Å². The molecule has 1 saturated heterocycles. The van der Waals surface area contributed by atoms with Gasteiger partial charge < -0.3 is 19.1 Å². The summed E-state index contributed by atoms with van der Waals surface area (Å²) in [4.78, 5) is 15.7. The quantitative estimate of drug-likeness (QED) is 0.337.